The predicted octanol–water partition coefficient (Wildman–Crippen LogP) is 3.87. The zero-order valence-corrected chi connectivity index (χ0v) is 11.1. The number of furan rings is 1. The van der Waals surface area contributed by atoms with Crippen molar-refractivity contribution in [1.82, 2.24) is 5.32 Å². The summed E-state index contributed by atoms with van der Waals surface area (Å²) in [5.74, 6) is 1.03. The maximum Gasteiger partial charge on any atom is 0.120 e. The van der Waals surface area contributed by atoms with Crippen molar-refractivity contribution in [1.29, 1.82) is 0 Å². The molecule has 0 radical (unpaired) electrons. The summed E-state index contributed by atoms with van der Waals surface area (Å²) in [6.45, 7) is 5.32. The molecule has 0 aliphatic heterocycles. The zero-order valence-electron chi connectivity index (χ0n) is 11.1. The fourth-order valence-electron chi connectivity index (χ4n) is 2.21. The van der Waals surface area contributed by atoms with E-state index in [-0.39, 0.29) is 0 Å². The normalized spacial score (nSPS) is 12.6. The van der Waals surface area contributed by atoms with E-state index in [1.165, 1.54) is 11.1 Å². The second-order valence-electron chi connectivity index (χ2n) is 4.61. The molecule has 0 spiro atoms. The second-order valence-corrected chi connectivity index (χ2v) is 4.61. The Morgan fingerprint density at radius 1 is 1.17 bits per heavy atom. The van der Waals surface area contributed by atoms with Crippen LogP contribution in [0.5, 0.6) is 0 Å². The van der Waals surface area contributed by atoms with Gasteiger partial charge in [-0.3, -0.25) is 0 Å². The fraction of sp³-hybridized carbons (Fsp3) is 0.375. The highest BCUT2D eigenvalue weighted by atomic mass is 16.3. The van der Waals surface area contributed by atoms with Crippen molar-refractivity contribution in [3.05, 3.63) is 59.5 Å². The molecule has 2 heteroatoms. The van der Waals surface area contributed by atoms with Gasteiger partial charge in [0.1, 0.15) is 5.76 Å². The monoisotopic (exact) mass is 243 g/mol. The van der Waals surface area contributed by atoms with Crippen LogP contribution >= 0.6 is 0 Å². The average molecular weight is 243 g/mol. The van der Waals surface area contributed by atoms with Crippen LogP contribution in [-0.4, -0.2) is 6.54 Å². The van der Waals surface area contributed by atoms with Gasteiger partial charge in [-0.1, -0.05) is 31.2 Å². The summed E-state index contributed by atoms with van der Waals surface area (Å²) in [7, 11) is 0. The lowest BCUT2D eigenvalue weighted by molar-refractivity contribution is 0.406. The number of hydrogen-bond acceptors (Lipinski definition) is 2. The Morgan fingerprint density at radius 2 is 2.00 bits per heavy atom. The van der Waals surface area contributed by atoms with E-state index in [0.29, 0.717) is 6.04 Å². The molecular weight excluding hydrogens is 222 g/mol. The Morgan fingerprint density at radius 3 is 2.67 bits per heavy atom. The van der Waals surface area contributed by atoms with Crippen LogP contribution in [0.15, 0.2) is 47.1 Å². The van der Waals surface area contributed by atoms with Crippen molar-refractivity contribution in [2.24, 2.45) is 0 Å². The van der Waals surface area contributed by atoms with Crippen molar-refractivity contribution in [3.63, 3.8) is 0 Å². The van der Waals surface area contributed by atoms with Gasteiger partial charge in [0.05, 0.1) is 12.3 Å². The van der Waals surface area contributed by atoms with Gasteiger partial charge in [0.2, 0.25) is 0 Å². The van der Waals surface area contributed by atoms with E-state index < -0.39 is 0 Å². The number of rotatable bonds is 6. The highest BCUT2D eigenvalue weighted by Gasteiger charge is 2.10. The Hall–Kier alpha value is -1.54. The summed E-state index contributed by atoms with van der Waals surface area (Å²) in [5, 5.41) is 3.55. The van der Waals surface area contributed by atoms with Gasteiger partial charge in [-0.2, -0.15) is 0 Å². The molecule has 2 nitrogen and oxygen atoms in total. The van der Waals surface area contributed by atoms with Crippen molar-refractivity contribution in [2.75, 3.05) is 6.54 Å². The Kier molecular flexibility index (Phi) is 4.59. The summed E-state index contributed by atoms with van der Waals surface area (Å²) in [5.41, 5.74) is 2.78. The average Bonchev–Trinajstić information content (AvgIpc) is 2.90. The number of aryl methyl sites for hydroxylation is 1. The van der Waals surface area contributed by atoms with Gasteiger partial charge < -0.3 is 9.73 Å². The van der Waals surface area contributed by atoms with E-state index in [1.807, 2.05) is 12.1 Å². The molecule has 1 aromatic heterocycles. The van der Waals surface area contributed by atoms with Gasteiger partial charge in [-0.15, -0.1) is 0 Å². The molecule has 0 amide bonds. The Labute approximate surface area is 109 Å². The minimum atomic E-state index is 0.323. The van der Waals surface area contributed by atoms with Crippen molar-refractivity contribution in [3.8, 4) is 0 Å². The standard InChI is InChI=1S/C16H21NO/c1-3-15(16-9-6-12-18-16)17-11-10-14-8-5-4-7-13(14)2/h4-9,12,15,17H,3,10-11H2,1-2H3. The summed E-state index contributed by atoms with van der Waals surface area (Å²) in [4.78, 5) is 0. The lowest BCUT2D eigenvalue weighted by Gasteiger charge is -2.15. The molecule has 0 aliphatic rings. The fourth-order valence-corrected chi connectivity index (χ4v) is 2.21. The molecule has 18 heavy (non-hydrogen) atoms. The van der Waals surface area contributed by atoms with Crippen molar-refractivity contribution < 1.29 is 4.42 Å². The summed E-state index contributed by atoms with van der Waals surface area (Å²) in [6, 6.07) is 12.9. The highest BCUT2D eigenvalue weighted by Crippen LogP contribution is 2.16. The van der Waals surface area contributed by atoms with E-state index in [0.717, 1.165) is 25.1 Å². The summed E-state index contributed by atoms with van der Waals surface area (Å²) < 4.78 is 5.45. The van der Waals surface area contributed by atoms with Gasteiger partial charge >= 0.3 is 0 Å². The third kappa shape index (κ3) is 3.23. The maximum atomic E-state index is 5.45. The largest absolute Gasteiger partial charge is 0.468 e. The zero-order chi connectivity index (χ0) is 12.8. The van der Waals surface area contributed by atoms with Crippen LogP contribution in [0.2, 0.25) is 0 Å². The minimum absolute atomic E-state index is 0.323. The molecule has 1 heterocycles. The van der Waals surface area contributed by atoms with Crippen LogP contribution in [0.25, 0.3) is 0 Å². The van der Waals surface area contributed by atoms with E-state index in [9.17, 15) is 0 Å². The first kappa shape index (κ1) is 12.9. The van der Waals surface area contributed by atoms with Gasteiger partial charge in [-0.05, 0) is 49.6 Å². The molecule has 1 atom stereocenters. The molecule has 2 rings (SSSR count). The summed E-state index contributed by atoms with van der Waals surface area (Å²) in [6.07, 6.45) is 3.84. The first-order valence-electron chi connectivity index (χ1n) is 6.62. The van der Waals surface area contributed by atoms with E-state index >= 15 is 0 Å². The molecule has 2 aromatic rings. The first-order valence-corrected chi connectivity index (χ1v) is 6.62. The van der Waals surface area contributed by atoms with Gasteiger partial charge in [0.15, 0.2) is 0 Å². The first-order chi connectivity index (χ1) is 8.81. The number of nitrogens with one attached hydrogen (secondary N) is 1. The molecule has 0 aliphatic carbocycles. The van der Waals surface area contributed by atoms with Gasteiger partial charge in [0, 0.05) is 0 Å². The number of hydrogen-bond donors (Lipinski definition) is 1. The third-order valence-corrected chi connectivity index (χ3v) is 3.34. The maximum absolute atomic E-state index is 5.45. The lowest BCUT2D eigenvalue weighted by Crippen LogP contribution is -2.23. The SMILES string of the molecule is CCC(NCCc1ccccc1C)c1ccco1. The molecule has 0 fully saturated rings. The molecule has 0 saturated heterocycles. The predicted molar refractivity (Wildman–Crippen MR) is 74.6 cm³/mol. The molecular formula is C16H21NO. The Bertz CT molecular complexity index is 462. The van der Waals surface area contributed by atoms with Crippen LogP contribution in [-0.2, 0) is 6.42 Å². The van der Waals surface area contributed by atoms with E-state index in [1.54, 1.807) is 6.26 Å². The van der Waals surface area contributed by atoms with Crippen LogP contribution in [0, 0.1) is 6.92 Å². The molecule has 1 N–H and O–H groups in total. The molecule has 0 saturated carbocycles. The minimum Gasteiger partial charge on any atom is -0.468 e. The Balaban J connectivity index is 1.86. The van der Waals surface area contributed by atoms with Crippen LogP contribution in [0.1, 0.15) is 36.3 Å². The second kappa shape index (κ2) is 6.41. The van der Waals surface area contributed by atoms with Crippen LogP contribution < -0.4 is 5.32 Å². The van der Waals surface area contributed by atoms with Crippen molar-refractivity contribution >= 4 is 0 Å². The number of benzene rings is 1. The highest BCUT2D eigenvalue weighted by molar-refractivity contribution is 5.25. The summed E-state index contributed by atoms with van der Waals surface area (Å²) >= 11 is 0. The molecule has 1 unspecified atom stereocenters. The molecule has 96 valence electrons. The molecule has 0 bridgehead atoms. The van der Waals surface area contributed by atoms with Crippen LogP contribution in [0.3, 0.4) is 0 Å². The van der Waals surface area contributed by atoms with Gasteiger partial charge in [-0.25, -0.2) is 0 Å². The molecule has 1 aromatic carbocycles. The quantitative estimate of drug-likeness (QED) is 0.833. The smallest absolute Gasteiger partial charge is 0.120 e. The lowest BCUT2D eigenvalue weighted by atomic mass is 10.1. The topological polar surface area (TPSA) is 25.2 Å². The third-order valence-electron chi connectivity index (χ3n) is 3.34. The van der Waals surface area contributed by atoms with Crippen LogP contribution in [0.4, 0.5) is 0 Å². The van der Waals surface area contributed by atoms with E-state index in [4.69, 9.17) is 4.42 Å². The van der Waals surface area contributed by atoms with Gasteiger partial charge in [0.25, 0.3) is 0 Å². The van der Waals surface area contributed by atoms with E-state index in [2.05, 4.69) is 43.4 Å². The van der Waals surface area contributed by atoms with Crippen molar-refractivity contribution in [2.45, 2.75) is 32.7 Å².